The Morgan fingerprint density at radius 3 is 2.69 bits per heavy atom. The first-order chi connectivity index (χ1) is 6.10. The van der Waals surface area contributed by atoms with Gasteiger partial charge in [-0.1, -0.05) is 25.0 Å². The number of hydrogen-bond donors (Lipinski definition) is 0. The molecule has 1 aliphatic rings. The molecule has 1 aliphatic carbocycles. The lowest BCUT2D eigenvalue weighted by Crippen LogP contribution is -2.40. The molecule has 1 saturated carbocycles. The molecule has 0 aromatic heterocycles. The highest BCUT2D eigenvalue weighted by atomic mass is 17.2. The van der Waals surface area contributed by atoms with Crippen molar-refractivity contribution in [2.24, 2.45) is 5.92 Å². The summed E-state index contributed by atoms with van der Waals surface area (Å²) in [5, 5.41) is 0. The zero-order valence-electron chi connectivity index (χ0n) is 8.93. The number of rotatable bonds is 3. The van der Waals surface area contributed by atoms with Crippen molar-refractivity contribution in [2.45, 2.75) is 45.1 Å². The van der Waals surface area contributed by atoms with E-state index in [2.05, 4.69) is 20.4 Å². The van der Waals surface area contributed by atoms with Gasteiger partial charge < -0.3 is 0 Å². The van der Waals surface area contributed by atoms with E-state index in [9.17, 15) is 0 Å². The SMILES string of the molecule is C=C(C)[C@H]1CCCC[C@@]1(C)OOC. The Morgan fingerprint density at radius 1 is 1.46 bits per heavy atom. The van der Waals surface area contributed by atoms with Gasteiger partial charge in [0.2, 0.25) is 0 Å². The summed E-state index contributed by atoms with van der Waals surface area (Å²) in [6.45, 7) is 8.22. The molecule has 0 bridgehead atoms. The van der Waals surface area contributed by atoms with Gasteiger partial charge in [-0.2, -0.15) is 0 Å². The fraction of sp³-hybridized carbons (Fsp3) is 0.818. The Balaban J connectivity index is 2.70. The van der Waals surface area contributed by atoms with Gasteiger partial charge in [0, 0.05) is 5.92 Å². The first-order valence-electron chi connectivity index (χ1n) is 4.97. The monoisotopic (exact) mass is 184 g/mol. The van der Waals surface area contributed by atoms with Crippen LogP contribution in [0.2, 0.25) is 0 Å². The van der Waals surface area contributed by atoms with Crippen LogP contribution in [0.25, 0.3) is 0 Å². The maximum atomic E-state index is 5.38. The van der Waals surface area contributed by atoms with E-state index >= 15 is 0 Å². The van der Waals surface area contributed by atoms with Crippen LogP contribution in [0.3, 0.4) is 0 Å². The molecule has 1 fully saturated rings. The van der Waals surface area contributed by atoms with Gasteiger partial charge in [0.25, 0.3) is 0 Å². The third kappa shape index (κ3) is 2.32. The topological polar surface area (TPSA) is 18.5 Å². The Morgan fingerprint density at radius 2 is 2.15 bits per heavy atom. The van der Waals surface area contributed by atoms with Crippen LogP contribution >= 0.6 is 0 Å². The molecule has 0 N–H and O–H groups in total. The lowest BCUT2D eigenvalue weighted by Gasteiger charge is -2.39. The highest BCUT2D eigenvalue weighted by Crippen LogP contribution is 2.40. The van der Waals surface area contributed by atoms with Crippen LogP contribution < -0.4 is 0 Å². The summed E-state index contributed by atoms with van der Waals surface area (Å²) >= 11 is 0. The molecular formula is C11H20O2. The second-order valence-corrected chi connectivity index (χ2v) is 4.21. The summed E-state index contributed by atoms with van der Waals surface area (Å²) in [7, 11) is 1.58. The van der Waals surface area contributed by atoms with Gasteiger partial charge in [0.05, 0.1) is 7.11 Å². The molecule has 2 atom stereocenters. The van der Waals surface area contributed by atoms with E-state index in [4.69, 9.17) is 9.78 Å². The van der Waals surface area contributed by atoms with Crippen molar-refractivity contribution < 1.29 is 9.78 Å². The van der Waals surface area contributed by atoms with E-state index in [-0.39, 0.29) is 5.60 Å². The molecule has 2 heteroatoms. The van der Waals surface area contributed by atoms with E-state index in [1.807, 2.05) is 0 Å². The summed E-state index contributed by atoms with van der Waals surface area (Å²) < 4.78 is 0. The van der Waals surface area contributed by atoms with Crippen LogP contribution in [0.1, 0.15) is 39.5 Å². The molecule has 13 heavy (non-hydrogen) atoms. The minimum absolute atomic E-state index is 0.154. The van der Waals surface area contributed by atoms with Gasteiger partial charge in [0.1, 0.15) is 5.60 Å². The van der Waals surface area contributed by atoms with Crippen LogP contribution in [0.5, 0.6) is 0 Å². The Bertz CT molecular complexity index is 185. The summed E-state index contributed by atoms with van der Waals surface area (Å²) in [5.41, 5.74) is 1.05. The molecule has 1 rings (SSSR count). The fourth-order valence-corrected chi connectivity index (χ4v) is 2.36. The molecule has 2 nitrogen and oxygen atoms in total. The van der Waals surface area contributed by atoms with E-state index in [1.54, 1.807) is 7.11 Å². The van der Waals surface area contributed by atoms with E-state index in [1.165, 1.54) is 24.8 Å². The lowest BCUT2D eigenvalue weighted by atomic mass is 9.73. The second kappa shape index (κ2) is 4.25. The van der Waals surface area contributed by atoms with Crippen LogP contribution in [0.4, 0.5) is 0 Å². The molecule has 0 aromatic rings. The molecule has 0 aliphatic heterocycles. The van der Waals surface area contributed by atoms with Gasteiger partial charge in [-0.15, -0.1) is 0 Å². The van der Waals surface area contributed by atoms with Gasteiger partial charge in [-0.3, -0.25) is 0 Å². The largest absolute Gasteiger partial charge is 0.240 e. The highest BCUT2D eigenvalue weighted by Gasteiger charge is 2.38. The maximum absolute atomic E-state index is 5.38. The molecule has 0 unspecified atom stereocenters. The Labute approximate surface area is 80.8 Å². The van der Waals surface area contributed by atoms with Crippen LogP contribution in [-0.4, -0.2) is 12.7 Å². The predicted molar refractivity (Wildman–Crippen MR) is 53.3 cm³/mol. The van der Waals surface area contributed by atoms with Crippen molar-refractivity contribution in [3.8, 4) is 0 Å². The summed E-state index contributed by atoms with van der Waals surface area (Å²) in [6, 6.07) is 0. The zero-order valence-corrected chi connectivity index (χ0v) is 8.93. The van der Waals surface area contributed by atoms with Gasteiger partial charge in [-0.05, 0) is 26.7 Å². The van der Waals surface area contributed by atoms with Crippen LogP contribution in [0, 0.1) is 5.92 Å². The van der Waals surface area contributed by atoms with Crippen molar-refractivity contribution in [3.05, 3.63) is 12.2 Å². The third-order valence-electron chi connectivity index (χ3n) is 3.02. The first-order valence-corrected chi connectivity index (χ1v) is 4.97. The van der Waals surface area contributed by atoms with Gasteiger partial charge >= 0.3 is 0 Å². The summed E-state index contributed by atoms with van der Waals surface area (Å²) in [4.78, 5) is 10.2. The van der Waals surface area contributed by atoms with Crippen molar-refractivity contribution in [2.75, 3.05) is 7.11 Å². The lowest BCUT2D eigenvalue weighted by molar-refractivity contribution is -0.355. The highest BCUT2D eigenvalue weighted by molar-refractivity contribution is 5.06. The van der Waals surface area contributed by atoms with Crippen molar-refractivity contribution in [1.29, 1.82) is 0 Å². The standard InChI is InChI=1S/C11H20O2/c1-9(2)10-7-5-6-8-11(10,3)13-12-4/h10H,1,5-8H2,2-4H3/t10-,11-/m1/s1. The number of hydrogen-bond acceptors (Lipinski definition) is 2. The van der Waals surface area contributed by atoms with E-state index < -0.39 is 0 Å². The third-order valence-corrected chi connectivity index (χ3v) is 3.02. The van der Waals surface area contributed by atoms with Crippen LogP contribution in [0.15, 0.2) is 12.2 Å². The maximum Gasteiger partial charge on any atom is 0.107 e. The van der Waals surface area contributed by atoms with Gasteiger partial charge in [0.15, 0.2) is 0 Å². The smallest absolute Gasteiger partial charge is 0.107 e. The van der Waals surface area contributed by atoms with Crippen LogP contribution in [-0.2, 0) is 9.78 Å². The molecule has 0 saturated heterocycles. The molecule has 0 aromatic carbocycles. The quantitative estimate of drug-likeness (QED) is 0.381. The molecular weight excluding hydrogens is 164 g/mol. The molecule has 0 radical (unpaired) electrons. The normalized spacial score (nSPS) is 34.5. The fourth-order valence-electron chi connectivity index (χ4n) is 2.36. The Hall–Kier alpha value is -0.340. The van der Waals surface area contributed by atoms with E-state index in [0.717, 1.165) is 6.42 Å². The van der Waals surface area contributed by atoms with Crippen molar-refractivity contribution >= 4 is 0 Å². The zero-order chi connectivity index (χ0) is 9.90. The molecule has 0 amide bonds. The summed E-state index contributed by atoms with van der Waals surface area (Å²) in [5.74, 6) is 0.446. The molecule has 0 spiro atoms. The van der Waals surface area contributed by atoms with Crippen molar-refractivity contribution in [3.63, 3.8) is 0 Å². The summed E-state index contributed by atoms with van der Waals surface area (Å²) in [6.07, 6.45) is 4.75. The molecule has 76 valence electrons. The minimum Gasteiger partial charge on any atom is -0.240 e. The average molecular weight is 184 g/mol. The Kier molecular flexibility index (Phi) is 3.51. The van der Waals surface area contributed by atoms with Crippen molar-refractivity contribution in [1.82, 2.24) is 0 Å². The average Bonchev–Trinajstić information content (AvgIpc) is 2.04. The van der Waals surface area contributed by atoms with E-state index in [0.29, 0.717) is 5.92 Å². The minimum atomic E-state index is -0.154. The second-order valence-electron chi connectivity index (χ2n) is 4.21. The molecule has 0 heterocycles. The first kappa shape index (κ1) is 10.7. The predicted octanol–water partition coefficient (Wildman–Crippen LogP) is 3.09. The van der Waals surface area contributed by atoms with Gasteiger partial charge in [-0.25, -0.2) is 9.78 Å².